The minimum atomic E-state index is -0.477. The van der Waals surface area contributed by atoms with Crippen molar-refractivity contribution in [2.75, 3.05) is 25.1 Å². The first-order valence-corrected chi connectivity index (χ1v) is 10.4. The fourth-order valence-corrected chi connectivity index (χ4v) is 3.84. The van der Waals surface area contributed by atoms with Crippen molar-refractivity contribution in [3.05, 3.63) is 40.4 Å². The van der Waals surface area contributed by atoms with E-state index in [1.807, 2.05) is 0 Å². The number of amides is 3. The molecule has 0 saturated heterocycles. The molecule has 1 aromatic rings. The van der Waals surface area contributed by atoms with Crippen molar-refractivity contribution in [2.45, 2.75) is 31.7 Å². The van der Waals surface area contributed by atoms with Gasteiger partial charge in [0.25, 0.3) is 11.8 Å². The van der Waals surface area contributed by atoms with Crippen LogP contribution < -0.4 is 26.6 Å². The largest absolute Gasteiger partial charge is 0.395 e. The fourth-order valence-electron chi connectivity index (χ4n) is 3.63. The molecule has 9 nitrogen and oxygen atoms in total. The molecule has 0 radical (unpaired) electrons. The second-order valence-electron chi connectivity index (χ2n) is 7.40. The van der Waals surface area contributed by atoms with E-state index < -0.39 is 17.6 Å². The Morgan fingerprint density at radius 2 is 1.77 bits per heavy atom. The molecule has 1 heterocycles. The molecule has 168 valence electrons. The number of hydrogen-bond donors (Lipinski definition) is 6. The van der Waals surface area contributed by atoms with Crippen LogP contribution >= 0.6 is 11.6 Å². The van der Waals surface area contributed by atoms with Crippen molar-refractivity contribution in [3.8, 4) is 0 Å². The lowest BCUT2D eigenvalue weighted by atomic mass is 9.85. The smallest absolute Gasteiger partial charge is 0.269 e. The van der Waals surface area contributed by atoms with Crippen LogP contribution in [0.3, 0.4) is 0 Å². The number of benzene rings is 1. The van der Waals surface area contributed by atoms with E-state index in [4.69, 9.17) is 16.7 Å². The Balaban J connectivity index is 1.51. The van der Waals surface area contributed by atoms with Gasteiger partial charge < -0.3 is 31.7 Å². The van der Waals surface area contributed by atoms with Crippen LogP contribution in [0, 0.1) is 11.7 Å². The minimum Gasteiger partial charge on any atom is -0.395 e. The maximum absolute atomic E-state index is 13.1. The molecule has 31 heavy (non-hydrogen) atoms. The van der Waals surface area contributed by atoms with Gasteiger partial charge in [0.1, 0.15) is 17.2 Å². The number of carbonyl (C=O) groups excluding carboxylic acids is 3. The summed E-state index contributed by atoms with van der Waals surface area (Å²) in [6.07, 6.45) is 2.36. The lowest BCUT2D eigenvalue weighted by Crippen LogP contribution is -2.42. The quantitative estimate of drug-likeness (QED) is 0.357. The summed E-state index contributed by atoms with van der Waals surface area (Å²) in [7, 11) is 0. The Bertz CT molecular complexity index is 886. The van der Waals surface area contributed by atoms with E-state index in [9.17, 15) is 18.8 Å². The van der Waals surface area contributed by atoms with Crippen LogP contribution in [0.25, 0.3) is 0 Å². The van der Waals surface area contributed by atoms with E-state index in [1.165, 1.54) is 12.1 Å². The van der Waals surface area contributed by atoms with Gasteiger partial charge in [-0.15, -0.1) is 0 Å². The van der Waals surface area contributed by atoms with Crippen molar-refractivity contribution < 1.29 is 23.9 Å². The first-order chi connectivity index (χ1) is 14.9. The molecule has 3 amide bonds. The van der Waals surface area contributed by atoms with Gasteiger partial charge in [0.05, 0.1) is 24.0 Å². The van der Waals surface area contributed by atoms with Crippen LogP contribution in [-0.4, -0.2) is 48.7 Å². The van der Waals surface area contributed by atoms with Gasteiger partial charge in [-0.05, 0) is 43.9 Å². The summed E-state index contributed by atoms with van der Waals surface area (Å²) in [4.78, 5) is 37.2. The molecule has 1 fully saturated rings. The molecule has 1 saturated carbocycles. The fraction of sp³-hybridized carbons (Fsp3) is 0.450. The van der Waals surface area contributed by atoms with Gasteiger partial charge in [0.15, 0.2) is 0 Å². The number of aliphatic hydroxyl groups excluding tert-OH is 1. The first kappa shape index (κ1) is 22.8. The molecule has 0 aromatic heterocycles. The zero-order valence-electron chi connectivity index (χ0n) is 16.8. The molecule has 11 heteroatoms. The van der Waals surface area contributed by atoms with Gasteiger partial charge >= 0.3 is 0 Å². The summed E-state index contributed by atoms with van der Waals surface area (Å²) in [5, 5.41) is 22.8. The van der Waals surface area contributed by atoms with Gasteiger partial charge in [-0.3, -0.25) is 14.4 Å². The van der Waals surface area contributed by atoms with Crippen molar-refractivity contribution in [3.63, 3.8) is 0 Å². The van der Waals surface area contributed by atoms with E-state index in [0.29, 0.717) is 31.4 Å². The summed E-state index contributed by atoms with van der Waals surface area (Å²) in [5.74, 6) is -1.77. The van der Waals surface area contributed by atoms with Crippen molar-refractivity contribution in [1.29, 1.82) is 0 Å². The second kappa shape index (κ2) is 10.5. The Morgan fingerprint density at radius 1 is 1.10 bits per heavy atom. The molecule has 6 N–H and O–H groups in total. The van der Waals surface area contributed by atoms with Gasteiger partial charge in [0, 0.05) is 18.5 Å². The third kappa shape index (κ3) is 5.86. The molecular formula is C20H25ClFN5O4. The predicted molar refractivity (Wildman–Crippen MR) is 112 cm³/mol. The Kier molecular flexibility index (Phi) is 7.69. The molecule has 1 aromatic carbocycles. The zero-order chi connectivity index (χ0) is 22.4. The van der Waals surface area contributed by atoms with Gasteiger partial charge in [-0.1, -0.05) is 11.6 Å². The van der Waals surface area contributed by atoms with E-state index in [1.54, 1.807) is 0 Å². The molecule has 0 atom stereocenters. The van der Waals surface area contributed by atoms with Gasteiger partial charge in [-0.25, -0.2) is 4.39 Å². The molecule has 0 spiro atoms. The van der Waals surface area contributed by atoms with Crippen LogP contribution in [-0.2, 0) is 14.4 Å². The highest BCUT2D eigenvalue weighted by Crippen LogP contribution is 2.28. The maximum atomic E-state index is 13.1. The zero-order valence-corrected chi connectivity index (χ0v) is 17.5. The third-order valence-electron chi connectivity index (χ3n) is 5.25. The van der Waals surface area contributed by atoms with Crippen LogP contribution in [0.4, 0.5) is 10.1 Å². The Morgan fingerprint density at radius 3 is 2.42 bits per heavy atom. The summed E-state index contributed by atoms with van der Waals surface area (Å²) in [5.41, 5.74) is 0.652. The lowest BCUT2D eigenvalue weighted by Gasteiger charge is -2.28. The molecule has 0 unspecified atom stereocenters. The van der Waals surface area contributed by atoms with E-state index in [-0.39, 0.29) is 54.1 Å². The van der Waals surface area contributed by atoms with Crippen LogP contribution in [0.1, 0.15) is 25.7 Å². The van der Waals surface area contributed by atoms with E-state index in [2.05, 4.69) is 26.6 Å². The van der Waals surface area contributed by atoms with Crippen LogP contribution in [0.5, 0.6) is 0 Å². The Hall–Kier alpha value is -2.85. The summed E-state index contributed by atoms with van der Waals surface area (Å²) < 4.78 is 13.1. The second-order valence-corrected chi connectivity index (χ2v) is 7.80. The molecule has 0 bridgehead atoms. The number of rotatable bonds is 7. The number of carbonyl (C=O) groups is 3. The van der Waals surface area contributed by atoms with Crippen molar-refractivity contribution in [2.24, 2.45) is 5.92 Å². The highest BCUT2D eigenvalue weighted by Gasteiger charge is 2.30. The first-order valence-electron chi connectivity index (χ1n) is 10.1. The minimum absolute atomic E-state index is 0.0914. The highest BCUT2D eigenvalue weighted by atomic mass is 35.5. The normalized spacial score (nSPS) is 20.5. The third-order valence-corrected chi connectivity index (χ3v) is 5.57. The number of hydrogen-bond acceptors (Lipinski definition) is 6. The molecular weight excluding hydrogens is 429 g/mol. The van der Waals surface area contributed by atoms with Gasteiger partial charge in [-0.2, -0.15) is 0 Å². The monoisotopic (exact) mass is 453 g/mol. The molecule has 3 rings (SSSR count). The number of nitrogens with one attached hydrogen (secondary N) is 5. The maximum Gasteiger partial charge on any atom is 0.269 e. The van der Waals surface area contributed by atoms with Crippen molar-refractivity contribution >= 4 is 35.0 Å². The number of halogens is 2. The standard InChI is InChI=1S/C20H25ClFN5O4/c21-14-9-12(22)3-6-15(14)27-18(29)11-1-4-13(5-2-11)26-20(31)17-16(24-10-25-17)19(30)23-7-8-28/h3,6,9,11,13,24-25,28H,1-2,4-5,7-8,10H2,(H,23,30)(H,26,31)(H,27,29). The summed E-state index contributed by atoms with van der Waals surface area (Å²) in [6, 6.07) is 3.67. The van der Waals surface area contributed by atoms with E-state index in [0.717, 1.165) is 6.07 Å². The Labute approximate surface area is 183 Å². The van der Waals surface area contributed by atoms with Crippen molar-refractivity contribution in [1.82, 2.24) is 21.3 Å². The average molecular weight is 454 g/mol. The number of anilines is 1. The SMILES string of the molecule is O=C(NCCO)C1=C(C(=O)NC2CCC(C(=O)Nc3ccc(F)cc3Cl)CC2)NCN1. The topological polar surface area (TPSA) is 132 Å². The predicted octanol–water partition coefficient (Wildman–Crippen LogP) is 0.563. The van der Waals surface area contributed by atoms with Crippen LogP contribution in [0.15, 0.2) is 29.6 Å². The summed E-state index contributed by atoms with van der Waals surface area (Å²) in [6.45, 7) is 0.149. The van der Waals surface area contributed by atoms with Gasteiger partial charge in [0.2, 0.25) is 5.91 Å². The van der Waals surface area contributed by atoms with E-state index >= 15 is 0 Å². The highest BCUT2D eigenvalue weighted by molar-refractivity contribution is 6.33. The molecule has 2 aliphatic rings. The average Bonchev–Trinajstić information content (AvgIpc) is 3.24. The number of aliphatic hydroxyl groups is 1. The van der Waals surface area contributed by atoms with Crippen LogP contribution in [0.2, 0.25) is 5.02 Å². The molecule has 1 aliphatic heterocycles. The summed E-state index contributed by atoms with van der Waals surface area (Å²) >= 11 is 5.96. The lowest BCUT2D eigenvalue weighted by molar-refractivity contribution is -0.122. The molecule has 1 aliphatic carbocycles.